The highest BCUT2D eigenvalue weighted by atomic mass is 79.9. The van der Waals surface area contributed by atoms with Gasteiger partial charge >= 0.3 is 5.97 Å². The molecule has 1 atom stereocenters. The fourth-order valence-corrected chi connectivity index (χ4v) is 1.99. The van der Waals surface area contributed by atoms with Gasteiger partial charge in [-0.1, -0.05) is 22.0 Å². The molecule has 4 heteroatoms. The molecule has 0 amide bonds. The van der Waals surface area contributed by atoms with Crippen molar-refractivity contribution in [1.29, 1.82) is 0 Å². The average molecular weight is 310 g/mol. The molecule has 0 radical (unpaired) electrons. The molecule has 96 valence electrons. The summed E-state index contributed by atoms with van der Waals surface area (Å²) in [5, 5.41) is 3.31. The molecule has 1 rings (SSSR count). The van der Waals surface area contributed by atoms with Gasteiger partial charge in [-0.3, -0.25) is 0 Å². The second-order valence-electron chi connectivity index (χ2n) is 3.99. The first-order valence-corrected chi connectivity index (χ1v) is 6.41. The summed E-state index contributed by atoms with van der Waals surface area (Å²) in [6.07, 6.45) is 5.94. The molecular formula is C14H16BrNO2. The minimum Gasteiger partial charge on any atom is -0.465 e. The Morgan fingerprint density at radius 1 is 1.61 bits per heavy atom. The number of halogens is 1. The van der Waals surface area contributed by atoms with Crippen LogP contribution in [0.4, 0.5) is 0 Å². The van der Waals surface area contributed by atoms with E-state index in [1.807, 2.05) is 13.0 Å². The summed E-state index contributed by atoms with van der Waals surface area (Å²) in [7, 11) is 1.37. The molecule has 1 aromatic carbocycles. The van der Waals surface area contributed by atoms with Crippen LogP contribution in [0.25, 0.3) is 0 Å². The molecule has 3 nitrogen and oxygen atoms in total. The lowest BCUT2D eigenvalue weighted by molar-refractivity contribution is 0.0600. The first-order chi connectivity index (χ1) is 8.58. The summed E-state index contributed by atoms with van der Waals surface area (Å²) in [5.74, 6) is 2.28. The van der Waals surface area contributed by atoms with E-state index < -0.39 is 0 Å². The molecule has 1 unspecified atom stereocenters. The molecule has 1 aromatic rings. The summed E-state index contributed by atoms with van der Waals surface area (Å²) >= 11 is 3.45. The molecule has 0 aliphatic carbocycles. The highest BCUT2D eigenvalue weighted by molar-refractivity contribution is 9.10. The minimum atomic E-state index is -0.337. The Morgan fingerprint density at radius 2 is 2.33 bits per heavy atom. The van der Waals surface area contributed by atoms with Gasteiger partial charge in [-0.2, -0.15) is 0 Å². The van der Waals surface area contributed by atoms with E-state index in [4.69, 9.17) is 6.42 Å². The van der Waals surface area contributed by atoms with Gasteiger partial charge in [0, 0.05) is 23.5 Å². The van der Waals surface area contributed by atoms with Gasteiger partial charge in [-0.15, -0.1) is 12.3 Å². The van der Waals surface area contributed by atoms with E-state index in [0.29, 0.717) is 18.5 Å². The smallest absolute Gasteiger partial charge is 0.337 e. The van der Waals surface area contributed by atoms with Crippen LogP contribution in [0, 0.1) is 12.3 Å². The molecule has 0 aromatic heterocycles. The first kappa shape index (κ1) is 14.7. The number of nitrogens with one attached hydrogen (secondary N) is 1. The van der Waals surface area contributed by atoms with Crippen LogP contribution < -0.4 is 5.32 Å². The Hall–Kier alpha value is -1.31. The molecule has 0 aliphatic heterocycles. The zero-order chi connectivity index (χ0) is 13.5. The van der Waals surface area contributed by atoms with Crippen LogP contribution in [-0.2, 0) is 11.3 Å². The van der Waals surface area contributed by atoms with Crippen molar-refractivity contribution in [1.82, 2.24) is 5.32 Å². The number of benzene rings is 1. The number of esters is 1. The van der Waals surface area contributed by atoms with E-state index in [0.717, 1.165) is 10.0 Å². The van der Waals surface area contributed by atoms with Crippen molar-refractivity contribution >= 4 is 21.9 Å². The molecular weight excluding hydrogens is 294 g/mol. The van der Waals surface area contributed by atoms with Gasteiger partial charge in [-0.25, -0.2) is 4.79 Å². The Labute approximate surface area is 116 Å². The van der Waals surface area contributed by atoms with Gasteiger partial charge in [-0.05, 0) is 24.6 Å². The van der Waals surface area contributed by atoms with Crippen molar-refractivity contribution in [3.05, 3.63) is 33.8 Å². The van der Waals surface area contributed by atoms with Crippen molar-refractivity contribution < 1.29 is 9.53 Å². The van der Waals surface area contributed by atoms with Crippen LogP contribution in [0.15, 0.2) is 22.7 Å². The molecule has 1 N–H and O–H groups in total. The normalized spacial score (nSPS) is 11.7. The van der Waals surface area contributed by atoms with Crippen molar-refractivity contribution in [3.8, 4) is 12.3 Å². The maximum absolute atomic E-state index is 11.3. The Morgan fingerprint density at radius 3 is 2.89 bits per heavy atom. The monoisotopic (exact) mass is 309 g/mol. The van der Waals surface area contributed by atoms with E-state index >= 15 is 0 Å². The van der Waals surface area contributed by atoms with Crippen LogP contribution in [0.5, 0.6) is 0 Å². The van der Waals surface area contributed by atoms with Gasteiger partial charge in [0.15, 0.2) is 0 Å². The number of terminal acetylenes is 1. The quantitative estimate of drug-likeness (QED) is 0.671. The molecule has 0 aliphatic rings. The van der Waals surface area contributed by atoms with E-state index in [1.165, 1.54) is 7.11 Å². The fraction of sp³-hybridized carbons (Fsp3) is 0.357. The van der Waals surface area contributed by atoms with Gasteiger partial charge < -0.3 is 10.1 Å². The van der Waals surface area contributed by atoms with Gasteiger partial charge in [0.2, 0.25) is 0 Å². The van der Waals surface area contributed by atoms with Crippen LogP contribution in [0.3, 0.4) is 0 Å². The summed E-state index contributed by atoms with van der Waals surface area (Å²) in [6, 6.07) is 5.67. The fourth-order valence-electron chi connectivity index (χ4n) is 1.47. The maximum atomic E-state index is 11.3. The molecule has 0 saturated heterocycles. The number of carbonyl (C=O) groups excluding carboxylic acids is 1. The van der Waals surface area contributed by atoms with Gasteiger partial charge in [0.05, 0.1) is 12.7 Å². The molecule has 0 heterocycles. The number of rotatable bonds is 5. The standard InChI is InChI=1S/C14H16BrNO2/c1-4-5-10(2)16-9-12-7-6-11(8-13(12)15)14(17)18-3/h1,6-8,10,16H,5,9H2,2-3H3. The number of ether oxygens (including phenoxy) is 1. The average Bonchev–Trinajstić information content (AvgIpc) is 2.36. The largest absolute Gasteiger partial charge is 0.465 e. The lowest BCUT2D eigenvalue weighted by atomic mass is 10.1. The molecule has 0 spiro atoms. The zero-order valence-corrected chi connectivity index (χ0v) is 12.1. The van der Waals surface area contributed by atoms with Gasteiger partial charge in [0.1, 0.15) is 0 Å². The predicted octanol–water partition coefficient (Wildman–Crippen LogP) is 2.74. The van der Waals surface area contributed by atoms with Gasteiger partial charge in [0.25, 0.3) is 0 Å². The van der Waals surface area contributed by atoms with Crippen molar-refractivity contribution in [2.45, 2.75) is 25.9 Å². The highest BCUT2D eigenvalue weighted by Gasteiger charge is 2.08. The summed E-state index contributed by atoms with van der Waals surface area (Å²) in [4.78, 5) is 11.3. The highest BCUT2D eigenvalue weighted by Crippen LogP contribution is 2.19. The second-order valence-corrected chi connectivity index (χ2v) is 4.84. The summed E-state index contributed by atoms with van der Waals surface area (Å²) in [6.45, 7) is 2.74. The van der Waals surface area contributed by atoms with E-state index in [-0.39, 0.29) is 12.0 Å². The third-order valence-corrected chi connectivity index (χ3v) is 3.28. The molecule has 0 saturated carbocycles. The molecule has 18 heavy (non-hydrogen) atoms. The molecule has 0 fully saturated rings. The van der Waals surface area contributed by atoms with Crippen molar-refractivity contribution in [2.75, 3.05) is 7.11 Å². The Balaban J connectivity index is 2.69. The first-order valence-electron chi connectivity index (χ1n) is 5.62. The lowest BCUT2D eigenvalue weighted by Crippen LogP contribution is -2.25. The minimum absolute atomic E-state index is 0.266. The SMILES string of the molecule is C#CCC(C)NCc1ccc(C(=O)OC)cc1Br. The van der Waals surface area contributed by atoms with E-state index in [1.54, 1.807) is 12.1 Å². The third kappa shape index (κ3) is 4.17. The summed E-state index contributed by atoms with van der Waals surface area (Å²) in [5.41, 5.74) is 1.61. The van der Waals surface area contributed by atoms with Crippen LogP contribution in [-0.4, -0.2) is 19.1 Å². The lowest BCUT2D eigenvalue weighted by Gasteiger charge is -2.12. The van der Waals surface area contributed by atoms with E-state index in [2.05, 4.69) is 31.9 Å². The third-order valence-electron chi connectivity index (χ3n) is 2.54. The topological polar surface area (TPSA) is 38.3 Å². The number of hydrogen-bond acceptors (Lipinski definition) is 3. The van der Waals surface area contributed by atoms with Crippen molar-refractivity contribution in [2.24, 2.45) is 0 Å². The van der Waals surface area contributed by atoms with E-state index in [9.17, 15) is 4.79 Å². The Bertz CT molecular complexity index is 465. The number of carbonyl (C=O) groups is 1. The summed E-state index contributed by atoms with van der Waals surface area (Å²) < 4.78 is 5.54. The predicted molar refractivity (Wildman–Crippen MR) is 75.2 cm³/mol. The number of methoxy groups -OCH3 is 1. The molecule has 0 bridgehead atoms. The van der Waals surface area contributed by atoms with Crippen LogP contribution >= 0.6 is 15.9 Å². The van der Waals surface area contributed by atoms with Crippen molar-refractivity contribution in [3.63, 3.8) is 0 Å². The van der Waals surface area contributed by atoms with Crippen LogP contribution in [0.2, 0.25) is 0 Å². The maximum Gasteiger partial charge on any atom is 0.337 e. The Kier molecular flexibility index (Phi) is 5.90. The van der Waals surface area contributed by atoms with Crippen LogP contribution in [0.1, 0.15) is 29.3 Å². The second kappa shape index (κ2) is 7.20. The number of hydrogen-bond donors (Lipinski definition) is 1. The zero-order valence-electron chi connectivity index (χ0n) is 10.5.